The Hall–Kier alpha value is 0.504. The van der Waals surface area contributed by atoms with Gasteiger partial charge in [0.2, 0.25) is 0 Å². The van der Waals surface area contributed by atoms with Gasteiger partial charge in [0.1, 0.15) is 0 Å². The van der Waals surface area contributed by atoms with Crippen LogP contribution in [-0.4, -0.2) is 23.4 Å². The summed E-state index contributed by atoms with van der Waals surface area (Å²) in [6.45, 7) is 12.5. The van der Waals surface area contributed by atoms with Crippen molar-refractivity contribution in [1.82, 2.24) is 0 Å². The zero-order valence-corrected chi connectivity index (χ0v) is 11.2. The van der Waals surface area contributed by atoms with Crippen LogP contribution in [0.5, 0.6) is 0 Å². The summed E-state index contributed by atoms with van der Waals surface area (Å²) in [5, 5.41) is 16.8. The molecule has 1 radical (unpaired) electrons. The van der Waals surface area contributed by atoms with Gasteiger partial charge in [-0.15, -0.1) is 0 Å². The van der Waals surface area contributed by atoms with E-state index in [0.717, 1.165) is 0 Å². The maximum Gasteiger partial charge on any atom is 0.0479 e. The Morgan fingerprint density at radius 2 is 0.769 bits per heavy atom. The fourth-order valence-corrected chi connectivity index (χ4v) is 0. The van der Waals surface area contributed by atoms with Gasteiger partial charge >= 0.3 is 0 Å². The van der Waals surface area contributed by atoms with Crippen LogP contribution in [0.2, 0.25) is 0 Å². The molecule has 0 atom stereocenters. The molecule has 0 rings (SSSR count). The van der Waals surface area contributed by atoms with Gasteiger partial charge in [0.25, 0.3) is 0 Å². The quantitative estimate of drug-likeness (QED) is 0.665. The van der Waals surface area contributed by atoms with Gasteiger partial charge in [-0.05, 0) is 10.8 Å². The average Bonchev–Trinajstić information content (AvgIpc) is 1.86. The summed E-state index contributed by atoms with van der Waals surface area (Å²) in [5.41, 5.74) is 0.194. The minimum Gasteiger partial charge on any atom is -0.396 e. The molecule has 0 bridgehead atoms. The molecule has 0 aromatic carbocycles. The van der Waals surface area contributed by atoms with Crippen LogP contribution in [0.1, 0.15) is 41.5 Å². The zero-order chi connectivity index (χ0) is 10.4. The maximum atomic E-state index is 8.40. The van der Waals surface area contributed by atoms with Crippen molar-refractivity contribution < 1.29 is 28.8 Å². The van der Waals surface area contributed by atoms with Crippen molar-refractivity contribution in [2.45, 2.75) is 41.5 Å². The van der Waals surface area contributed by atoms with Crippen molar-refractivity contribution >= 4 is 0 Å². The smallest absolute Gasteiger partial charge is 0.0479 e. The van der Waals surface area contributed by atoms with Crippen molar-refractivity contribution in [3.8, 4) is 0 Å². The molecule has 2 N–H and O–H groups in total. The molecule has 0 aliphatic carbocycles. The second-order valence-electron chi connectivity index (χ2n) is 5.44. The van der Waals surface area contributed by atoms with Crippen LogP contribution in [0.4, 0.5) is 0 Å². The van der Waals surface area contributed by atoms with Gasteiger partial charge in [-0.1, -0.05) is 41.5 Å². The molecule has 0 aliphatic rings. The Labute approximate surface area is 94.6 Å². The Morgan fingerprint density at radius 3 is 0.769 bits per heavy atom. The normalized spacial score (nSPS) is 11.1. The van der Waals surface area contributed by atoms with Gasteiger partial charge in [0.15, 0.2) is 0 Å². The van der Waals surface area contributed by atoms with Crippen LogP contribution in [-0.2, 0) is 18.6 Å². The van der Waals surface area contributed by atoms with Crippen LogP contribution >= 0.6 is 0 Å². The Morgan fingerprint density at radius 1 is 0.692 bits per heavy atom. The van der Waals surface area contributed by atoms with E-state index in [9.17, 15) is 0 Å². The summed E-state index contributed by atoms with van der Waals surface area (Å²) in [6.07, 6.45) is 0. The van der Waals surface area contributed by atoms with E-state index in [4.69, 9.17) is 10.2 Å². The van der Waals surface area contributed by atoms with E-state index < -0.39 is 0 Å². The number of rotatable bonds is 0. The van der Waals surface area contributed by atoms with Crippen LogP contribution in [0.15, 0.2) is 0 Å². The third kappa shape index (κ3) is 32.6. The van der Waals surface area contributed by atoms with Crippen molar-refractivity contribution in [2.75, 3.05) is 13.2 Å². The van der Waals surface area contributed by atoms with Gasteiger partial charge in [-0.2, -0.15) is 0 Å². The van der Waals surface area contributed by atoms with Crippen molar-refractivity contribution in [2.24, 2.45) is 10.8 Å². The molecule has 13 heavy (non-hydrogen) atoms. The molecule has 0 saturated heterocycles. The molecule has 81 valence electrons. The topological polar surface area (TPSA) is 40.5 Å². The molecule has 0 saturated carbocycles. The van der Waals surface area contributed by atoms with Crippen LogP contribution in [0.3, 0.4) is 0 Å². The number of hydrogen-bond acceptors (Lipinski definition) is 2. The fourth-order valence-electron chi connectivity index (χ4n) is 0. The molecule has 0 amide bonds. The third-order valence-electron chi connectivity index (χ3n) is 0.949. The molecule has 0 heterocycles. The fraction of sp³-hybridized carbons (Fsp3) is 1.00. The first-order chi connectivity index (χ1) is 5.12. The van der Waals surface area contributed by atoms with Gasteiger partial charge in [0, 0.05) is 31.8 Å². The van der Waals surface area contributed by atoms with E-state index in [1.807, 2.05) is 41.5 Å². The van der Waals surface area contributed by atoms with Gasteiger partial charge < -0.3 is 10.2 Å². The molecule has 0 fully saturated rings. The second kappa shape index (κ2) is 7.87. The average molecular weight is 227 g/mol. The summed E-state index contributed by atoms with van der Waals surface area (Å²) in [5.74, 6) is 0. The summed E-state index contributed by atoms with van der Waals surface area (Å²) >= 11 is 0. The SMILES string of the molecule is CC(C)(C)CO.CC(C)(C)CO.[V]. The molecule has 3 heteroatoms. The third-order valence-corrected chi connectivity index (χ3v) is 0.949. The predicted octanol–water partition coefficient (Wildman–Crippen LogP) is 2.05. The molecular formula is C10H24O2V. The van der Waals surface area contributed by atoms with Crippen molar-refractivity contribution in [3.63, 3.8) is 0 Å². The standard InChI is InChI=1S/2C5H12O.V/c2*1-5(2,3)4-6;/h2*6H,4H2,1-3H3;. The molecule has 0 aromatic rings. The largest absolute Gasteiger partial charge is 0.396 e. The number of aliphatic hydroxyl groups excluding tert-OH is 2. The first kappa shape index (κ1) is 19.1. The molecule has 0 aliphatic heterocycles. The maximum absolute atomic E-state index is 8.40. The molecule has 0 aromatic heterocycles. The van der Waals surface area contributed by atoms with Gasteiger partial charge in [-0.25, -0.2) is 0 Å². The van der Waals surface area contributed by atoms with E-state index in [-0.39, 0.29) is 42.6 Å². The van der Waals surface area contributed by atoms with Crippen molar-refractivity contribution in [1.29, 1.82) is 0 Å². The van der Waals surface area contributed by atoms with E-state index >= 15 is 0 Å². The summed E-state index contributed by atoms with van der Waals surface area (Å²) < 4.78 is 0. The summed E-state index contributed by atoms with van der Waals surface area (Å²) in [6, 6.07) is 0. The second-order valence-corrected chi connectivity index (χ2v) is 5.44. The Balaban J connectivity index is -0.000000143. The Kier molecular flexibility index (Phi) is 11.6. The molecule has 0 unspecified atom stereocenters. The molecule has 2 nitrogen and oxygen atoms in total. The first-order valence-corrected chi connectivity index (χ1v) is 4.34. The Bertz CT molecular complexity index is 86.5. The van der Waals surface area contributed by atoms with Gasteiger partial charge in [-0.3, -0.25) is 0 Å². The van der Waals surface area contributed by atoms with Crippen molar-refractivity contribution in [3.05, 3.63) is 0 Å². The van der Waals surface area contributed by atoms with E-state index in [2.05, 4.69) is 0 Å². The monoisotopic (exact) mass is 227 g/mol. The zero-order valence-electron chi connectivity index (χ0n) is 9.76. The van der Waals surface area contributed by atoms with E-state index in [1.54, 1.807) is 0 Å². The van der Waals surface area contributed by atoms with Gasteiger partial charge in [0.05, 0.1) is 0 Å². The minimum absolute atomic E-state index is 0. The van der Waals surface area contributed by atoms with E-state index in [1.165, 1.54) is 0 Å². The summed E-state index contributed by atoms with van der Waals surface area (Å²) in [4.78, 5) is 0. The van der Waals surface area contributed by atoms with Crippen LogP contribution < -0.4 is 0 Å². The predicted molar refractivity (Wildman–Crippen MR) is 53.1 cm³/mol. The first-order valence-electron chi connectivity index (χ1n) is 4.34. The van der Waals surface area contributed by atoms with Crippen LogP contribution in [0, 0.1) is 10.8 Å². The minimum atomic E-state index is 0. The van der Waals surface area contributed by atoms with E-state index in [0.29, 0.717) is 0 Å². The number of hydrogen-bond donors (Lipinski definition) is 2. The number of aliphatic hydroxyl groups is 2. The van der Waals surface area contributed by atoms with Crippen LogP contribution in [0.25, 0.3) is 0 Å². The molecule has 0 spiro atoms. The summed E-state index contributed by atoms with van der Waals surface area (Å²) in [7, 11) is 0. The molecular weight excluding hydrogens is 203 g/mol.